The molecule has 6 nitrogen and oxygen atoms in total. The number of hydrogen-bond acceptors (Lipinski definition) is 4. The lowest BCUT2D eigenvalue weighted by molar-refractivity contribution is -0.142. The molecule has 1 spiro atoms. The molecule has 4 amide bonds. The number of carbonyl (C=O) groups is 3. The van der Waals surface area contributed by atoms with Crippen molar-refractivity contribution in [1.29, 1.82) is 0 Å². The molecule has 1 aromatic carbocycles. The van der Waals surface area contributed by atoms with Crippen LogP contribution in [0.4, 0.5) is 10.5 Å². The number of nitrogens with one attached hydrogen (secondary N) is 1. The van der Waals surface area contributed by atoms with Gasteiger partial charge in [-0.15, -0.1) is 0 Å². The van der Waals surface area contributed by atoms with E-state index in [9.17, 15) is 14.4 Å². The number of benzene rings is 1. The lowest BCUT2D eigenvalue weighted by atomic mass is 9.82. The molecule has 1 aromatic rings. The number of rotatable bonds is 2. The summed E-state index contributed by atoms with van der Waals surface area (Å²) in [6.07, 6.45) is 2.62. The molecule has 0 bridgehead atoms. The van der Waals surface area contributed by atoms with Crippen molar-refractivity contribution in [2.45, 2.75) is 25.7 Å². The number of barbiturate groups is 1. The molecule has 1 aliphatic carbocycles. The van der Waals surface area contributed by atoms with Crippen LogP contribution in [0.5, 0.6) is 5.75 Å². The Balaban J connectivity index is 2.02. The summed E-state index contributed by atoms with van der Waals surface area (Å²) in [5.74, 6) is -0.346. The zero-order valence-electron chi connectivity index (χ0n) is 11.7. The normalized spacial score (nSPS) is 20.8. The molecule has 0 radical (unpaired) electrons. The summed E-state index contributed by atoms with van der Waals surface area (Å²) in [6, 6.07) is 5.99. The predicted molar refractivity (Wildman–Crippen MR) is 74.9 cm³/mol. The maximum atomic E-state index is 12.8. The molecule has 1 saturated heterocycles. The van der Waals surface area contributed by atoms with Crippen molar-refractivity contribution in [3.8, 4) is 5.75 Å². The molecule has 0 atom stereocenters. The first-order valence-corrected chi connectivity index (χ1v) is 6.92. The summed E-state index contributed by atoms with van der Waals surface area (Å²) < 4.78 is 5.12. The third kappa shape index (κ3) is 1.98. The highest BCUT2D eigenvalue weighted by Crippen LogP contribution is 2.43. The first-order chi connectivity index (χ1) is 10.1. The first kappa shape index (κ1) is 13.6. The third-order valence-electron chi connectivity index (χ3n) is 4.24. The second kappa shape index (κ2) is 4.87. The average Bonchev–Trinajstić information content (AvgIpc) is 2.97. The van der Waals surface area contributed by atoms with Gasteiger partial charge in [-0.05, 0) is 25.0 Å². The van der Waals surface area contributed by atoms with E-state index in [0.29, 0.717) is 24.3 Å². The van der Waals surface area contributed by atoms with E-state index in [-0.39, 0.29) is 0 Å². The van der Waals surface area contributed by atoms with Gasteiger partial charge in [0.25, 0.3) is 5.91 Å². The van der Waals surface area contributed by atoms with E-state index < -0.39 is 23.3 Å². The quantitative estimate of drug-likeness (QED) is 0.842. The minimum atomic E-state index is -1.09. The molecule has 21 heavy (non-hydrogen) atoms. The Morgan fingerprint density at radius 1 is 1.19 bits per heavy atom. The molecule has 1 heterocycles. The van der Waals surface area contributed by atoms with Crippen LogP contribution in [0, 0.1) is 5.41 Å². The number of amides is 4. The van der Waals surface area contributed by atoms with E-state index in [0.717, 1.165) is 17.7 Å². The first-order valence-electron chi connectivity index (χ1n) is 6.92. The molecule has 3 rings (SSSR count). The van der Waals surface area contributed by atoms with Crippen LogP contribution in [0.1, 0.15) is 25.7 Å². The number of urea groups is 1. The standard InChI is InChI=1S/C15H16N2O4/c1-21-11-6-4-5-10(9-11)17-13(19)15(7-2-3-8-15)12(18)16-14(17)20/h4-6,9H,2-3,7-8H2,1H3,(H,16,18,20). The number of nitrogens with zero attached hydrogens (tertiary/aromatic N) is 1. The smallest absolute Gasteiger partial charge is 0.335 e. The number of hydrogen-bond donors (Lipinski definition) is 1. The maximum Gasteiger partial charge on any atom is 0.335 e. The van der Waals surface area contributed by atoms with Crippen molar-refractivity contribution in [1.82, 2.24) is 5.32 Å². The van der Waals surface area contributed by atoms with Gasteiger partial charge in [0.2, 0.25) is 5.91 Å². The van der Waals surface area contributed by atoms with Gasteiger partial charge in [-0.1, -0.05) is 18.9 Å². The number of carbonyl (C=O) groups excluding carboxylic acids is 3. The van der Waals surface area contributed by atoms with Crippen LogP contribution >= 0.6 is 0 Å². The summed E-state index contributed by atoms with van der Waals surface area (Å²) in [5, 5.41) is 2.31. The Labute approximate surface area is 122 Å². The molecule has 1 N–H and O–H groups in total. The second-order valence-electron chi connectivity index (χ2n) is 5.39. The van der Waals surface area contributed by atoms with Crippen LogP contribution in [-0.2, 0) is 9.59 Å². The van der Waals surface area contributed by atoms with Gasteiger partial charge in [-0.3, -0.25) is 14.9 Å². The van der Waals surface area contributed by atoms with Gasteiger partial charge >= 0.3 is 6.03 Å². The fourth-order valence-corrected chi connectivity index (χ4v) is 3.08. The summed E-state index contributed by atoms with van der Waals surface area (Å²) in [7, 11) is 1.51. The van der Waals surface area contributed by atoms with E-state index >= 15 is 0 Å². The maximum absolute atomic E-state index is 12.8. The van der Waals surface area contributed by atoms with Gasteiger partial charge in [0, 0.05) is 6.07 Å². The average molecular weight is 288 g/mol. The third-order valence-corrected chi connectivity index (χ3v) is 4.24. The minimum Gasteiger partial charge on any atom is -0.497 e. The fourth-order valence-electron chi connectivity index (χ4n) is 3.08. The summed E-state index contributed by atoms with van der Waals surface area (Å²) in [5.41, 5.74) is -0.674. The van der Waals surface area contributed by atoms with Gasteiger partial charge in [0.15, 0.2) is 0 Å². The van der Waals surface area contributed by atoms with Crippen molar-refractivity contribution >= 4 is 23.5 Å². The van der Waals surface area contributed by atoms with Crippen LogP contribution in [-0.4, -0.2) is 25.0 Å². The Hall–Kier alpha value is -2.37. The number of ether oxygens (including phenoxy) is 1. The Kier molecular flexibility index (Phi) is 3.16. The molecular formula is C15H16N2O4. The van der Waals surface area contributed by atoms with Crippen molar-refractivity contribution in [3.05, 3.63) is 24.3 Å². The van der Waals surface area contributed by atoms with Crippen LogP contribution in [0.25, 0.3) is 0 Å². The number of methoxy groups -OCH3 is 1. The molecule has 0 unspecified atom stereocenters. The van der Waals surface area contributed by atoms with Crippen molar-refractivity contribution in [2.24, 2.45) is 5.41 Å². The van der Waals surface area contributed by atoms with E-state index in [1.165, 1.54) is 7.11 Å². The number of imide groups is 2. The SMILES string of the molecule is COc1cccc(N2C(=O)NC(=O)C3(CCCC3)C2=O)c1. The van der Waals surface area contributed by atoms with Crippen molar-refractivity contribution in [2.75, 3.05) is 12.0 Å². The van der Waals surface area contributed by atoms with E-state index in [4.69, 9.17) is 4.74 Å². The van der Waals surface area contributed by atoms with Gasteiger partial charge in [-0.25, -0.2) is 9.69 Å². The molecule has 1 aliphatic heterocycles. The zero-order valence-corrected chi connectivity index (χ0v) is 11.7. The van der Waals surface area contributed by atoms with Crippen LogP contribution in [0.2, 0.25) is 0 Å². The van der Waals surface area contributed by atoms with Crippen molar-refractivity contribution in [3.63, 3.8) is 0 Å². The van der Waals surface area contributed by atoms with E-state index in [2.05, 4.69) is 5.32 Å². The molecule has 6 heteroatoms. The Morgan fingerprint density at radius 3 is 2.57 bits per heavy atom. The van der Waals surface area contributed by atoms with E-state index in [1.807, 2.05) is 0 Å². The van der Waals surface area contributed by atoms with Gasteiger partial charge < -0.3 is 4.74 Å². The zero-order chi connectivity index (χ0) is 15.0. The molecule has 2 fully saturated rings. The minimum absolute atomic E-state index is 0.413. The predicted octanol–water partition coefficient (Wildman–Crippen LogP) is 1.84. The van der Waals surface area contributed by atoms with E-state index in [1.54, 1.807) is 24.3 Å². The molecule has 0 aromatic heterocycles. The van der Waals surface area contributed by atoms with Crippen LogP contribution in [0.3, 0.4) is 0 Å². The monoisotopic (exact) mass is 288 g/mol. The van der Waals surface area contributed by atoms with Gasteiger partial charge in [-0.2, -0.15) is 0 Å². The highest BCUT2D eigenvalue weighted by molar-refractivity contribution is 6.30. The molecule has 2 aliphatic rings. The second-order valence-corrected chi connectivity index (χ2v) is 5.39. The van der Waals surface area contributed by atoms with Crippen molar-refractivity contribution < 1.29 is 19.1 Å². The summed E-state index contributed by atoms with van der Waals surface area (Å²) in [4.78, 5) is 38.0. The molecule has 1 saturated carbocycles. The highest BCUT2D eigenvalue weighted by Gasteiger charge is 2.55. The highest BCUT2D eigenvalue weighted by atomic mass is 16.5. The summed E-state index contributed by atoms with van der Waals surface area (Å²) in [6.45, 7) is 0. The lowest BCUT2D eigenvalue weighted by Gasteiger charge is -2.36. The number of anilines is 1. The molecular weight excluding hydrogens is 272 g/mol. The topological polar surface area (TPSA) is 75.7 Å². The fraction of sp³-hybridized carbons (Fsp3) is 0.400. The van der Waals surface area contributed by atoms with Crippen LogP contribution < -0.4 is 15.0 Å². The Morgan fingerprint density at radius 2 is 1.90 bits per heavy atom. The largest absolute Gasteiger partial charge is 0.497 e. The van der Waals surface area contributed by atoms with Gasteiger partial charge in [0.05, 0.1) is 12.8 Å². The molecule has 110 valence electrons. The van der Waals surface area contributed by atoms with Gasteiger partial charge in [0.1, 0.15) is 11.2 Å². The summed E-state index contributed by atoms with van der Waals surface area (Å²) >= 11 is 0. The lowest BCUT2D eigenvalue weighted by Crippen LogP contribution is -2.63. The Bertz CT molecular complexity index is 620. The van der Waals surface area contributed by atoms with Crippen LogP contribution in [0.15, 0.2) is 24.3 Å².